The highest BCUT2D eigenvalue weighted by atomic mass is 16.5. The van der Waals surface area contributed by atoms with Crippen molar-refractivity contribution >= 4 is 11.9 Å². The predicted molar refractivity (Wildman–Crippen MR) is 73.1 cm³/mol. The molecule has 1 fully saturated rings. The van der Waals surface area contributed by atoms with E-state index in [-0.39, 0.29) is 18.3 Å². The summed E-state index contributed by atoms with van der Waals surface area (Å²) in [5.41, 5.74) is 2.66. The van der Waals surface area contributed by atoms with E-state index in [9.17, 15) is 9.59 Å². The van der Waals surface area contributed by atoms with Crippen molar-refractivity contribution in [2.45, 2.75) is 46.1 Å². The van der Waals surface area contributed by atoms with Crippen molar-refractivity contribution in [1.29, 1.82) is 0 Å². The Bertz CT molecular complexity index is 490. The summed E-state index contributed by atoms with van der Waals surface area (Å²) in [6, 6.07) is -0.421. The lowest BCUT2D eigenvalue weighted by atomic mass is 10.1. The topological polar surface area (TPSA) is 75.3 Å². The van der Waals surface area contributed by atoms with Crippen LogP contribution < -0.4 is 0 Å². The summed E-state index contributed by atoms with van der Waals surface area (Å²) < 4.78 is 5.04. The van der Waals surface area contributed by atoms with Crippen molar-refractivity contribution in [1.82, 2.24) is 15.1 Å². The Morgan fingerprint density at radius 3 is 2.80 bits per heavy atom. The number of aromatic amines is 1. The molecule has 2 rings (SSSR count). The molecule has 0 aromatic carbocycles. The van der Waals surface area contributed by atoms with Gasteiger partial charge in [0.15, 0.2) is 0 Å². The van der Waals surface area contributed by atoms with Gasteiger partial charge in [-0.15, -0.1) is 0 Å². The highest BCUT2D eigenvalue weighted by Gasteiger charge is 2.35. The van der Waals surface area contributed by atoms with Gasteiger partial charge in [0.25, 0.3) is 0 Å². The number of esters is 1. The zero-order valence-electron chi connectivity index (χ0n) is 12.2. The van der Waals surface area contributed by atoms with E-state index in [2.05, 4.69) is 10.2 Å². The first kappa shape index (κ1) is 14.6. The van der Waals surface area contributed by atoms with Crippen LogP contribution in [0.15, 0.2) is 0 Å². The smallest absolute Gasteiger partial charge is 0.328 e. The van der Waals surface area contributed by atoms with Crippen LogP contribution in [-0.2, 0) is 20.7 Å². The average molecular weight is 279 g/mol. The second kappa shape index (κ2) is 6.07. The van der Waals surface area contributed by atoms with Crippen LogP contribution >= 0.6 is 0 Å². The van der Waals surface area contributed by atoms with Gasteiger partial charge in [0.05, 0.1) is 18.7 Å². The van der Waals surface area contributed by atoms with Gasteiger partial charge in [-0.1, -0.05) is 0 Å². The monoisotopic (exact) mass is 279 g/mol. The number of rotatable bonds is 4. The van der Waals surface area contributed by atoms with E-state index in [4.69, 9.17) is 4.74 Å². The van der Waals surface area contributed by atoms with E-state index in [1.54, 1.807) is 11.8 Å². The molecule has 6 nitrogen and oxygen atoms in total. The maximum Gasteiger partial charge on any atom is 0.328 e. The Morgan fingerprint density at radius 1 is 1.45 bits per heavy atom. The summed E-state index contributed by atoms with van der Waals surface area (Å²) in [5.74, 6) is -0.327. The van der Waals surface area contributed by atoms with Gasteiger partial charge >= 0.3 is 5.97 Å². The molecule has 1 aromatic heterocycles. The molecular formula is C14H21N3O3. The molecule has 20 heavy (non-hydrogen) atoms. The molecule has 110 valence electrons. The molecule has 1 aliphatic rings. The molecule has 0 aliphatic carbocycles. The lowest BCUT2D eigenvalue weighted by molar-refractivity contribution is -0.152. The molecule has 0 bridgehead atoms. The largest absolute Gasteiger partial charge is 0.464 e. The summed E-state index contributed by atoms with van der Waals surface area (Å²) in [5, 5.41) is 6.97. The molecular weight excluding hydrogens is 258 g/mol. The summed E-state index contributed by atoms with van der Waals surface area (Å²) in [7, 11) is 0. The van der Waals surface area contributed by atoms with Gasteiger partial charge in [0.2, 0.25) is 5.91 Å². The third-order valence-electron chi connectivity index (χ3n) is 3.74. The maximum absolute atomic E-state index is 12.4. The van der Waals surface area contributed by atoms with Crippen molar-refractivity contribution < 1.29 is 14.3 Å². The number of hydrogen-bond acceptors (Lipinski definition) is 4. The molecule has 0 radical (unpaired) electrons. The van der Waals surface area contributed by atoms with Crippen LogP contribution in [0.5, 0.6) is 0 Å². The fourth-order valence-corrected chi connectivity index (χ4v) is 2.64. The second-order valence-corrected chi connectivity index (χ2v) is 5.09. The number of hydrogen-bond donors (Lipinski definition) is 1. The molecule has 2 heterocycles. The second-order valence-electron chi connectivity index (χ2n) is 5.09. The number of carbonyl (C=O) groups is 2. The Kier molecular flexibility index (Phi) is 4.42. The third kappa shape index (κ3) is 2.84. The van der Waals surface area contributed by atoms with Gasteiger partial charge in [-0.2, -0.15) is 5.10 Å². The minimum atomic E-state index is -0.421. The number of carbonyl (C=O) groups excluding carboxylic acids is 2. The molecule has 1 amide bonds. The first-order chi connectivity index (χ1) is 9.54. The highest BCUT2D eigenvalue weighted by molar-refractivity contribution is 5.86. The number of likely N-dealkylation sites (tertiary alicyclic amines) is 1. The fourth-order valence-electron chi connectivity index (χ4n) is 2.64. The number of aromatic nitrogens is 2. The zero-order valence-corrected chi connectivity index (χ0v) is 12.2. The van der Waals surface area contributed by atoms with Gasteiger partial charge < -0.3 is 9.64 Å². The molecule has 1 unspecified atom stereocenters. The first-order valence-electron chi connectivity index (χ1n) is 7.01. The summed E-state index contributed by atoms with van der Waals surface area (Å²) in [4.78, 5) is 25.9. The minimum absolute atomic E-state index is 0.0341. The Labute approximate surface area is 118 Å². The third-order valence-corrected chi connectivity index (χ3v) is 3.74. The normalized spacial score (nSPS) is 18.4. The van der Waals surface area contributed by atoms with Crippen molar-refractivity contribution in [3.05, 3.63) is 17.0 Å². The van der Waals surface area contributed by atoms with Crippen molar-refractivity contribution in [3.8, 4) is 0 Å². The zero-order chi connectivity index (χ0) is 14.7. The molecule has 6 heteroatoms. The number of amides is 1. The lowest BCUT2D eigenvalue weighted by Crippen LogP contribution is -2.42. The molecule has 1 atom stereocenters. The number of H-pyrrole nitrogens is 1. The SMILES string of the molecule is CCOC(=O)C1CCCN1C(=O)Cc1c(C)n[nH]c1C. The maximum atomic E-state index is 12.4. The number of nitrogens with zero attached hydrogens (tertiary/aromatic N) is 2. The van der Waals surface area contributed by atoms with Crippen LogP contribution in [-0.4, -0.2) is 46.2 Å². The summed E-state index contributed by atoms with van der Waals surface area (Å²) in [6.07, 6.45) is 1.82. The average Bonchev–Trinajstić information content (AvgIpc) is 3.01. The van der Waals surface area contributed by atoms with Gasteiger partial charge in [-0.25, -0.2) is 4.79 Å². The van der Waals surface area contributed by atoms with Crippen molar-refractivity contribution in [3.63, 3.8) is 0 Å². The number of ether oxygens (including phenoxy) is 1. The molecule has 1 aliphatic heterocycles. The van der Waals surface area contributed by atoms with E-state index in [1.807, 2.05) is 13.8 Å². The van der Waals surface area contributed by atoms with E-state index in [1.165, 1.54) is 0 Å². The quantitative estimate of drug-likeness (QED) is 0.838. The Morgan fingerprint density at radius 2 is 2.20 bits per heavy atom. The molecule has 0 spiro atoms. The summed E-state index contributed by atoms with van der Waals surface area (Å²) >= 11 is 0. The van der Waals surface area contributed by atoms with Gasteiger partial charge in [0, 0.05) is 17.8 Å². The predicted octanol–water partition coefficient (Wildman–Crippen LogP) is 1.12. The van der Waals surface area contributed by atoms with Crippen LogP contribution in [0.3, 0.4) is 0 Å². The van der Waals surface area contributed by atoms with Crippen molar-refractivity contribution in [2.24, 2.45) is 0 Å². The van der Waals surface area contributed by atoms with Gasteiger partial charge in [-0.3, -0.25) is 9.89 Å². The van der Waals surface area contributed by atoms with Gasteiger partial charge in [0.1, 0.15) is 6.04 Å². The van der Waals surface area contributed by atoms with Crippen LogP contribution in [0, 0.1) is 13.8 Å². The first-order valence-corrected chi connectivity index (χ1v) is 7.01. The van der Waals surface area contributed by atoms with Crippen LogP contribution in [0.2, 0.25) is 0 Å². The fraction of sp³-hybridized carbons (Fsp3) is 0.643. The van der Waals surface area contributed by atoms with Crippen LogP contribution in [0.4, 0.5) is 0 Å². The summed E-state index contributed by atoms with van der Waals surface area (Å²) in [6.45, 7) is 6.52. The van der Waals surface area contributed by atoms with E-state index in [0.29, 0.717) is 19.6 Å². The minimum Gasteiger partial charge on any atom is -0.464 e. The van der Waals surface area contributed by atoms with Gasteiger partial charge in [-0.05, 0) is 33.6 Å². The standard InChI is InChI=1S/C14H21N3O3/c1-4-20-14(19)12-6-5-7-17(12)13(18)8-11-9(2)15-16-10(11)3/h12H,4-8H2,1-3H3,(H,15,16). The molecule has 0 saturated carbocycles. The molecule has 1 N–H and O–H groups in total. The number of aryl methyl sites for hydroxylation is 2. The van der Waals surface area contributed by atoms with Crippen molar-refractivity contribution in [2.75, 3.05) is 13.2 Å². The molecule has 1 aromatic rings. The van der Waals surface area contributed by atoms with Crippen LogP contribution in [0.25, 0.3) is 0 Å². The van der Waals surface area contributed by atoms with E-state index < -0.39 is 6.04 Å². The van der Waals surface area contributed by atoms with E-state index in [0.717, 1.165) is 23.4 Å². The number of nitrogens with one attached hydrogen (secondary N) is 1. The highest BCUT2D eigenvalue weighted by Crippen LogP contribution is 2.21. The van der Waals surface area contributed by atoms with Crippen LogP contribution in [0.1, 0.15) is 36.7 Å². The van der Waals surface area contributed by atoms with E-state index >= 15 is 0 Å². The Hall–Kier alpha value is -1.85. The lowest BCUT2D eigenvalue weighted by Gasteiger charge is -2.23. The Balaban J connectivity index is 2.06. The molecule has 1 saturated heterocycles.